The van der Waals surface area contributed by atoms with E-state index in [1.165, 1.54) is 24.3 Å². The number of nitrogens with two attached hydrogens (primary N) is 1. The van der Waals surface area contributed by atoms with Crippen molar-refractivity contribution >= 4 is 26.0 Å². The molecule has 0 radical (unpaired) electrons. The number of carbonyl (C=O) groups is 1. The molecule has 0 heterocycles. The number of rotatable bonds is 10. The summed E-state index contributed by atoms with van der Waals surface area (Å²) in [6.07, 6.45) is 0.801. The highest BCUT2D eigenvalue weighted by Gasteiger charge is 2.26. The molecule has 170 valence electrons. The maximum absolute atomic E-state index is 12.7. The van der Waals surface area contributed by atoms with Crippen molar-refractivity contribution in [3.8, 4) is 0 Å². The van der Waals surface area contributed by atoms with Gasteiger partial charge in [0.2, 0.25) is 26.0 Å². The monoisotopic (exact) mass is 467 g/mol. The summed E-state index contributed by atoms with van der Waals surface area (Å²) in [7, 11) is -7.60. The van der Waals surface area contributed by atoms with Gasteiger partial charge >= 0.3 is 0 Å². The van der Waals surface area contributed by atoms with Crippen molar-refractivity contribution in [2.24, 2.45) is 11.1 Å². The lowest BCUT2D eigenvalue weighted by molar-refractivity contribution is -0.123. The third-order valence-electron chi connectivity index (χ3n) is 4.62. The predicted molar refractivity (Wildman–Crippen MR) is 119 cm³/mol. The largest absolute Gasteiger partial charge is 0.354 e. The van der Waals surface area contributed by atoms with Crippen molar-refractivity contribution < 1.29 is 21.6 Å². The molecule has 1 amide bonds. The zero-order chi connectivity index (χ0) is 23.2. The van der Waals surface area contributed by atoms with Crippen LogP contribution in [0.25, 0.3) is 0 Å². The van der Waals surface area contributed by atoms with Gasteiger partial charge in [-0.2, -0.15) is 4.72 Å². The van der Waals surface area contributed by atoms with E-state index in [4.69, 9.17) is 5.14 Å². The molecule has 0 aliphatic heterocycles. The fraction of sp³-hybridized carbons (Fsp3) is 0.381. The third kappa shape index (κ3) is 7.73. The second-order valence-electron chi connectivity index (χ2n) is 7.85. The van der Waals surface area contributed by atoms with Gasteiger partial charge in [0.25, 0.3) is 0 Å². The first-order valence-corrected chi connectivity index (χ1v) is 12.9. The SMILES string of the molecule is Cc1ccc(S(=O)(=O)NC(CC(C)C)C(=O)NCCc2ccc(S(N)(=O)=O)cc2)cc1. The zero-order valence-electron chi connectivity index (χ0n) is 17.8. The molecule has 4 N–H and O–H groups in total. The van der Waals surface area contributed by atoms with Gasteiger partial charge in [-0.15, -0.1) is 0 Å². The highest BCUT2D eigenvalue weighted by atomic mass is 32.2. The topological polar surface area (TPSA) is 135 Å². The Bertz CT molecular complexity index is 1090. The Morgan fingerprint density at radius 3 is 2.00 bits per heavy atom. The smallest absolute Gasteiger partial charge is 0.241 e. The quantitative estimate of drug-likeness (QED) is 0.489. The Labute approximate surface area is 184 Å². The minimum Gasteiger partial charge on any atom is -0.354 e. The van der Waals surface area contributed by atoms with Crippen LogP contribution < -0.4 is 15.2 Å². The van der Waals surface area contributed by atoms with E-state index in [-0.39, 0.29) is 22.3 Å². The first-order valence-electron chi connectivity index (χ1n) is 9.87. The van der Waals surface area contributed by atoms with Crippen LogP contribution in [0.4, 0.5) is 0 Å². The summed E-state index contributed by atoms with van der Waals surface area (Å²) in [5, 5.41) is 7.83. The van der Waals surface area contributed by atoms with E-state index < -0.39 is 32.0 Å². The number of primary sulfonamides is 1. The summed E-state index contributed by atoms with van der Waals surface area (Å²) in [5.74, 6) is -0.312. The van der Waals surface area contributed by atoms with Crippen LogP contribution in [0.1, 0.15) is 31.4 Å². The number of aryl methyl sites for hydroxylation is 1. The van der Waals surface area contributed by atoms with Gasteiger partial charge in [-0.3, -0.25) is 4.79 Å². The van der Waals surface area contributed by atoms with Gasteiger partial charge in [-0.25, -0.2) is 22.0 Å². The number of nitrogens with one attached hydrogen (secondary N) is 2. The fourth-order valence-corrected chi connectivity index (χ4v) is 4.68. The number of sulfonamides is 2. The van der Waals surface area contributed by atoms with Crippen molar-refractivity contribution in [3.05, 3.63) is 59.7 Å². The lowest BCUT2D eigenvalue weighted by Crippen LogP contribution is -2.47. The summed E-state index contributed by atoms with van der Waals surface area (Å²) in [5.41, 5.74) is 1.75. The molecule has 2 aromatic carbocycles. The van der Waals surface area contributed by atoms with Crippen LogP contribution in [0.5, 0.6) is 0 Å². The fourth-order valence-electron chi connectivity index (χ4n) is 2.95. The van der Waals surface area contributed by atoms with Gasteiger partial charge in [0.1, 0.15) is 6.04 Å². The molecule has 0 saturated heterocycles. The van der Waals surface area contributed by atoms with Crippen LogP contribution in [0.2, 0.25) is 0 Å². The van der Waals surface area contributed by atoms with E-state index in [1.807, 2.05) is 20.8 Å². The number of hydrogen-bond acceptors (Lipinski definition) is 5. The molecule has 2 aromatic rings. The van der Waals surface area contributed by atoms with Crippen molar-refractivity contribution in [2.45, 2.75) is 49.4 Å². The number of hydrogen-bond donors (Lipinski definition) is 3. The molecule has 0 aromatic heterocycles. The molecule has 31 heavy (non-hydrogen) atoms. The number of benzene rings is 2. The Kier molecular flexibility index (Phi) is 8.35. The third-order valence-corrected chi connectivity index (χ3v) is 7.03. The minimum absolute atomic E-state index is 0.0165. The maximum Gasteiger partial charge on any atom is 0.241 e. The molecule has 0 aliphatic carbocycles. The summed E-state index contributed by atoms with van der Waals surface area (Å²) in [6, 6.07) is 11.6. The summed E-state index contributed by atoms with van der Waals surface area (Å²) in [6.45, 7) is 5.96. The van der Waals surface area contributed by atoms with Crippen LogP contribution in [0.15, 0.2) is 58.3 Å². The highest BCUT2D eigenvalue weighted by molar-refractivity contribution is 7.89. The van der Waals surface area contributed by atoms with Gasteiger partial charge in [-0.1, -0.05) is 43.7 Å². The van der Waals surface area contributed by atoms with Gasteiger partial charge in [0.15, 0.2) is 0 Å². The van der Waals surface area contributed by atoms with Gasteiger partial charge < -0.3 is 5.32 Å². The van der Waals surface area contributed by atoms with Gasteiger partial charge in [0, 0.05) is 6.54 Å². The molecule has 0 fully saturated rings. The molecule has 0 spiro atoms. The van der Waals surface area contributed by atoms with E-state index in [9.17, 15) is 21.6 Å². The van der Waals surface area contributed by atoms with Crippen LogP contribution in [0.3, 0.4) is 0 Å². The Balaban J connectivity index is 2.01. The maximum atomic E-state index is 12.7. The van der Waals surface area contributed by atoms with Crippen LogP contribution in [-0.2, 0) is 31.3 Å². The average molecular weight is 468 g/mol. The van der Waals surface area contributed by atoms with Crippen molar-refractivity contribution in [2.75, 3.05) is 6.54 Å². The molecule has 10 heteroatoms. The summed E-state index contributed by atoms with van der Waals surface area (Å²) < 4.78 is 50.5. The van der Waals surface area contributed by atoms with E-state index in [0.717, 1.165) is 11.1 Å². The molecule has 1 unspecified atom stereocenters. The number of amides is 1. The van der Waals surface area contributed by atoms with Gasteiger partial charge in [0.05, 0.1) is 9.79 Å². The molecule has 1 atom stereocenters. The summed E-state index contributed by atoms with van der Waals surface area (Å²) >= 11 is 0. The van der Waals surface area contributed by atoms with Crippen molar-refractivity contribution in [1.82, 2.24) is 10.0 Å². The molecular formula is C21H29N3O5S2. The molecule has 0 bridgehead atoms. The van der Waals surface area contributed by atoms with Crippen LogP contribution in [0, 0.1) is 12.8 Å². The highest BCUT2D eigenvalue weighted by Crippen LogP contribution is 2.14. The Hall–Kier alpha value is -2.27. The van der Waals surface area contributed by atoms with Gasteiger partial charge in [-0.05, 0) is 55.5 Å². The van der Waals surface area contributed by atoms with E-state index in [1.54, 1.807) is 24.3 Å². The summed E-state index contributed by atoms with van der Waals surface area (Å²) in [4.78, 5) is 12.8. The minimum atomic E-state index is -3.84. The lowest BCUT2D eigenvalue weighted by atomic mass is 10.0. The second kappa shape index (κ2) is 10.4. The van der Waals surface area contributed by atoms with Crippen molar-refractivity contribution in [3.63, 3.8) is 0 Å². The molecule has 0 aliphatic rings. The lowest BCUT2D eigenvalue weighted by Gasteiger charge is -2.20. The standard InChI is InChI=1S/C21H29N3O5S2/c1-15(2)14-20(24-31(28,29)19-8-4-16(3)5-9-19)21(25)23-13-12-17-6-10-18(11-7-17)30(22,26)27/h4-11,15,20,24H,12-14H2,1-3H3,(H,23,25)(H2,22,26,27). The van der Waals surface area contributed by atoms with Crippen molar-refractivity contribution in [1.29, 1.82) is 0 Å². The average Bonchev–Trinajstić information content (AvgIpc) is 2.67. The van der Waals surface area contributed by atoms with Crippen LogP contribution >= 0.6 is 0 Å². The molecule has 8 nitrogen and oxygen atoms in total. The Morgan fingerprint density at radius 1 is 0.935 bits per heavy atom. The second-order valence-corrected chi connectivity index (χ2v) is 11.1. The van der Waals surface area contributed by atoms with E-state index in [0.29, 0.717) is 12.8 Å². The van der Waals surface area contributed by atoms with E-state index >= 15 is 0 Å². The zero-order valence-corrected chi connectivity index (χ0v) is 19.5. The Morgan fingerprint density at radius 2 is 1.48 bits per heavy atom. The number of carbonyl (C=O) groups excluding carboxylic acids is 1. The first-order chi connectivity index (χ1) is 14.4. The van der Waals surface area contributed by atoms with Crippen LogP contribution in [-0.4, -0.2) is 35.3 Å². The van der Waals surface area contributed by atoms with E-state index in [2.05, 4.69) is 10.0 Å². The molecular weight excluding hydrogens is 438 g/mol. The normalized spacial score (nSPS) is 13.2. The first kappa shape index (κ1) is 25.0. The molecule has 0 saturated carbocycles. The predicted octanol–water partition coefficient (Wildman–Crippen LogP) is 1.69. The molecule has 2 rings (SSSR count).